The predicted octanol–water partition coefficient (Wildman–Crippen LogP) is 3.54. The zero-order chi connectivity index (χ0) is 21.6. The van der Waals surface area contributed by atoms with Gasteiger partial charge in [-0.3, -0.25) is 14.5 Å². The molecular formula is C20H28F3N3O3. The summed E-state index contributed by atoms with van der Waals surface area (Å²) in [4.78, 5) is 26.3. The molecule has 3 atom stereocenters. The van der Waals surface area contributed by atoms with Crippen molar-refractivity contribution in [2.24, 2.45) is 5.92 Å². The average Bonchev–Trinajstić information content (AvgIpc) is 2.63. The Morgan fingerprint density at radius 3 is 2.41 bits per heavy atom. The molecule has 0 spiro atoms. The van der Waals surface area contributed by atoms with E-state index < -0.39 is 12.4 Å². The summed E-state index contributed by atoms with van der Waals surface area (Å²) in [6.07, 6.45) is -0.400. The van der Waals surface area contributed by atoms with Crippen molar-refractivity contribution >= 4 is 17.5 Å². The van der Waals surface area contributed by atoms with Crippen molar-refractivity contribution < 1.29 is 27.5 Å². The first-order valence-corrected chi connectivity index (χ1v) is 9.71. The smallest absolute Gasteiger partial charge is 0.406 e. The number of rotatable bonds is 7. The van der Waals surface area contributed by atoms with E-state index in [0.717, 1.165) is 31.4 Å². The van der Waals surface area contributed by atoms with Gasteiger partial charge in [-0.25, -0.2) is 0 Å². The predicted molar refractivity (Wildman–Crippen MR) is 103 cm³/mol. The fourth-order valence-electron chi connectivity index (χ4n) is 3.34. The summed E-state index contributed by atoms with van der Waals surface area (Å²) >= 11 is 0. The minimum atomic E-state index is -4.76. The summed E-state index contributed by atoms with van der Waals surface area (Å²) in [5, 5.41) is 5.67. The largest absolute Gasteiger partial charge is 0.573 e. The molecule has 0 saturated heterocycles. The Morgan fingerprint density at radius 2 is 1.83 bits per heavy atom. The molecule has 0 radical (unpaired) electrons. The highest BCUT2D eigenvalue weighted by molar-refractivity contribution is 5.92. The number of carbonyl (C=O) groups excluding carboxylic acids is 2. The highest BCUT2D eigenvalue weighted by atomic mass is 19.4. The van der Waals surface area contributed by atoms with Gasteiger partial charge in [0, 0.05) is 11.7 Å². The molecule has 6 nitrogen and oxygen atoms in total. The molecule has 1 aliphatic rings. The lowest BCUT2D eigenvalue weighted by atomic mass is 9.86. The Hall–Kier alpha value is -2.29. The minimum Gasteiger partial charge on any atom is -0.406 e. The zero-order valence-electron chi connectivity index (χ0n) is 16.9. The molecule has 0 bridgehead atoms. The third-order valence-corrected chi connectivity index (χ3v) is 5.24. The molecule has 1 aromatic carbocycles. The lowest BCUT2D eigenvalue weighted by molar-refractivity contribution is -0.274. The molecule has 162 valence electrons. The van der Waals surface area contributed by atoms with E-state index in [0.29, 0.717) is 11.6 Å². The van der Waals surface area contributed by atoms with Crippen molar-refractivity contribution in [3.63, 3.8) is 0 Å². The first-order valence-electron chi connectivity index (χ1n) is 9.71. The fourth-order valence-corrected chi connectivity index (χ4v) is 3.34. The molecule has 2 amide bonds. The van der Waals surface area contributed by atoms with Crippen LogP contribution in [0.25, 0.3) is 0 Å². The van der Waals surface area contributed by atoms with Gasteiger partial charge in [-0.2, -0.15) is 0 Å². The van der Waals surface area contributed by atoms with Crippen molar-refractivity contribution in [3.8, 4) is 5.75 Å². The Labute approximate surface area is 168 Å². The van der Waals surface area contributed by atoms with E-state index in [2.05, 4.69) is 22.3 Å². The van der Waals surface area contributed by atoms with Crippen LogP contribution in [0.1, 0.15) is 39.5 Å². The second kappa shape index (κ2) is 9.96. The number of nitrogens with one attached hydrogen (secondary N) is 2. The molecular weight excluding hydrogens is 387 g/mol. The van der Waals surface area contributed by atoms with Gasteiger partial charge in [0.2, 0.25) is 11.8 Å². The van der Waals surface area contributed by atoms with Crippen LogP contribution >= 0.6 is 0 Å². The van der Waals surface area contributed by atoms with Crippen molar-refractivity contribution in [2.45, 2.75) is 58.0 Å². The van der Waals surface area contributed by atoms with Crippen LogP contribution in [0.4, 0.5) is 18.9 Å². The van der Waals surface area contributed by atoms with Crippen LogP contribution in [0, 0.1) is 5.92 Å². The Bertz CT molecular complexity index is 694. The van der Waals surface area contributed by atoms with E-state index in [9.17, 15) is 22.8 Å². The van der Waals surface area contributed by atoms with Crippen LogP contribution in [0.15, 0.2) is 24.3 Å². The molecule has 0 unspecified atom stereocenters. The van der Waals surface area contributed by atoms with Gasteiger partial charge >= 0.3 is 6.36 Å². The highest BCUT2D eigenvalue weighted by Gasteiger charge is 2.31. The molecule has 0 heterocycles. The maximum absolute atomic E-state index is 12.5. The second-order valence-electron chi connectivity index (χ2n) is 7.59. The third-order valence-electron chi connectivity index (χ3n) is 5.24. The van der Waals surface area contributed by atoms with Crippen molar-refractivity contribution in [2.75, 3.05) is 18.9 Å². The Morgan fingerprint density at radius 1 is 1.21 bits per heavy atom. The first-order chi connectivity index (χ1) is 13.5. The quantitative estimate of drug-likeness (QED) is 0.715. The van der Waals surface area contributed by atoms with Crippen LogP contribution in [-0.4, -0.2) is 48.8 Å². The number of benzene rings is 1. The van der Waals surface area contributed by atoms with Gasteiger partial charge in [0.1, 0.15) is 5.75 Å². The van der Waals surface area contributed by atoms with E-state index in [4.69, 9.17) is 0 Å². The van der Waals surface area contributed by atoms with E-state index in [1.165, 1.54) is 18.6 Å². The maximum atomic E-state index is 12.5. The number of amides is 2. The van der Waals surface area contributed by atoms with Gasteiger partial charge in [0.15, 0.2) is 0 Å². The van der Waals surface area contributed by atoms with Gasteiger partial charge in [-0.1, -0.05) is 19.8 Å². The topological polar surface area (TPSA) is 70.7 Å². The standard InChI is InChI=1S/C20H28F3N3O3/c1-13-6-4-5-7-17(13)25-19(28)14(2)26(3)12-18(27)24-15-8-10-16(11-9-15)29-20(21,22)23/h8-11,13-14,17H,4-7,12H2,1-3H3,(H,24,27)(H,25,28)/t13-,14+,17+/m0/s1. The summed E-state index contributed by atoms with van der Waals surface area (Å²) in [6, 6.07) is 4.55. The first kappa shape index (κ1) is 23.0. The molecule has 1 aliphatic carbocycles. The van der Waals surface area contributed by atoms with Crippen LogP contribution < -0.4 is 15.4 Å². The SMILES string of the molecule is C[C@H](C(=O)N[C@@H]1CCCC[C@@H]1C)N(C)CC(=O)Nc1ccc(OC(F)(F)F)cc1. The summed E-state index contributed by atoms with van der Waals surface area (Å²) < 4.78 is 40.3. The summed E-state index contributed by atoms with van der Waals surface area (Å²) in [7, 11) is 1.67. The summed E-state index contributed by atoms with van der Waals surface area (Å²) in [6.45, 7) is 3.84. The second-order valence-corrected chi connectivity index (χ2v) is 7.59. The monoisotopic (exact) mass is 415 g/mol. The van der Waals surface area contributed by atoms with Crippen molar-refractivity contribution in [1.29, 1.82) is 0 Å². The summed E-state index contributed by atoms with van der Waals surface area (Å²) in [5.74, 6) is -0.414. The number of anilines is 1. The number of alkyl halides is 3. The van der Waals surface area contributed by atoms with Gasteiger partial charge < -0.3 is 15.4 Å². The summed E-state index contributed by atoms with van der Waals surface area (Å²) in [5.41, 5.74) is 0.339. The van der Waals surface area contributed by atoms with Crippen LogP contribution in [0.2, 0.25) is 0 Å². The van der Waals surface area contributed by atoms with E-state index in [-0.39, 0.29) is 30.2 Å². The molecule has 1 aromatic rings. The minimum absolute atomic E-state index is 0.0321. The average molecular weight is 415 g/mol. The lowest BCUT2D eigenvalue weighted by Gasteiger charge is -2.32. The van der Waals surface area contributed by atoms with E-state index in [1.54, 1.807) is 18.9 Å². The highest BCUT2D eigenvalue weighted by Crippen LogP contribution is 2.25. The molecule has 1 saturated carbocycles. The number of hydrogen-bond donors (Lipinski definition) is 2. The van der Waals surface area contributed by atoms with E-state index >= 15 is 0 Å². The van der Waals surface area contributed by atoms with E-state index in [1.807, 2.05) is 0 Å². The Kier molecular flexibility index (Phi) is 7.89. The molecule has 2 N–H and O–H groups in total. The van der Waals surface area contributed by atoms with Crippen LogP contribution in [0.3, 0.4) is 0 Å². The maximum Gasteiger partial charge on any atom is 0.573 e. The number of ether oxygens (including phenoxy) is 1. The van der Waals surface area contributed by atoms with Crippen LogP contribution in [0.5, 0.6) is 5.75 Å². The van der Waals surface area contributed by atoms with Gasteiger partial charge in [-0.15, -0.1) is 13.2 Å². The molecule has 2 rings (SSSR count). The number of halogens is 3. The van der Waals surface area contributed by atoms with Gasteiger partial charge in [0.05, 0.1) is 12.6 Å². The van der Waals surface area contributed by atoms with Crippen molar-refractivity contribution in [1.82, 2.24) is 10.2 Å². The normalized spacial score (nSPS) is 20.8. The lowest BCUT2D eigenvalue weighted by Crippen LogP contribution is -2.50. The molecule has 9 heteroatoms. The third kappa shape index (κ3) is 7.56. The number of hydrogen-bond acceptors (Lipinski definition) is 4. The number of nitrogens with zero attached hydrogens (tertiary/aromatic N) is 1. The van der Waals surface area contributed by atoms with Crippen molar-refractivity contribution in [3.05, 3.63) is 24.3 Å². The number of likely N-dealkylation sites (N-methyl/N-ethyl adjacent to an activating group) is 1. The van der Waals surface area contributed by atoms with Crippen LogP contribution in [-0.2, 0) is 9.59 Å². The number of carbonyl (C=O) groups is 2. The molecule has 0 aromatic heterocycles. The molecule has 29 heavy (non-hydrogen) atoms. The zero-order valence-corrected chi connectivity index (χ0v) is 16.9. The molecule has 1 fully saturated rings. The van der Waals surface area contributed by atoms with Gasteiger partial charge in [0.25, 0.3) is 0 Å². The molecule has 0 aliphatic heterocycles. The van der Waals surface area contributed by atoms with Gasteiger partial charge in [-0.05, 0) is 57.0 Å². The Balaban J connectivity index is 1.82. The fraction of sp³-hybridized carbons (Fsp3) is 0.600.